The van der Waals surface area contributed by atoms with Crippen molar-refractivity contribution in [2.75, 3.05) is 31.1 Å². The number of piperazine rings is 1. The number of aliphatic imine (C=N–C) groups is 1. The maximum absolute atomic E-state index is 12.4. The summed E-state index contributed by atoms with van der Waals surface area (Å²) in [6.45, 7) is 3.16. The molecule has 1 N–H and O–H groups in total. The van der Waals surface area contributed by atoms with Crippen molar-refractivity contribution in [2.45, 2.75) is 0 Å². The van der Waals surface area contributed by atoms with Gasteiger partial charge in [0.2, 0.25) is 11.8 Å². The van der Waals surface area contributed by atoms with Crippen molar-refractivity contribution < 1.29 is 9.53 Å². The summed E-state index contributed by atoms with van der Waals surface area (Å²) in [5.41, 5.74) is 3.15. The molecule has 2 aliphatic heterocycles. The molecule has 0 aliphatic carbocycles. The largest absolute Gasteiger partial charge is 0.402 e. The number of ether oxygens (including phenoxy) is 1. The first-order valence-electron chi connectivity index (χ1n) is 10.7. The average molecular weight is 423 g/mol. The molecule has 0 unspecified atom stereocenters. The number of carbonyl (C=O) groups is 1. The molecule has 0 radical (unpaired) electrons. The van der Waals surface area contributed by atoms with Crippen LogP contribution in [-0.2, 0) is 9.53 Å². The summed E-state index contributed by atoms with van der Waals surface area (Å²) in [7, 11) is 0. The van der Waals surface area contributed by atoms with E-state index in [1.54, 1.807) is 0 Å². The smallest absolute Gasteiger partial charge is 0.365 e. The third-order valence-corrected chi connectivity index (χ3v) is 5.91. The highest BCUT2D eigenvalue weighted by Crippen LogP contribution is 2.22. The number of hydrogen-bond acceptors (Lipinski definition) is 6. The van der Waals surface area contributed by atoms with E-state index in [9.17, 15) is 4.79 Å². The number of carbonyl (C=O) groups excluding carboxylic acids is 1. The van der Waals surface area contributed by atoms with Crippen molar-refractivity contribution in [2.24, 2.45) is 4.99 Å². The lowest BCUT2D eigenvalue weighted by atomic mass is 10.1. The standard InChI is InChI=1S/C25H21N5O2/c31-24-22(26-23(32-24)19-10-9-17-5-1-2-6-18(17)15-19)16-29-11-13-30(14-12-29)25-27-20-7-3-4-8-21(20)28-25/h1-10,15-16H,11-14H2,(H,27,28)/b22-16+. The van der Waals surface area contributed by atoms with Crippen LogP contribution in [0.2, 0.25) is 0 Å². The first-order valence-corrected chi connectivity index (χ1v) is 10.7. The highest BCUT2D eigenvalue weighted by atomic mass is 16.6. The van der Waals surface area contributed by atoms with Crippen LogP contribution in [-0.4, -0.2) is 52.9 Å². The van der Waals surface area contributed by atoms with Gasteiger partial charge in [-0.1, -0.05) is 42.5 Å². The van der Waals surface area contributed by atoms with Crippen molar-refractivity contribution in [3.05, 3.63) is 84.2 Å². The summed E-state index contributed by atoms with van der Waals surface area (Å²) in [5, 5.41) is 2.22. The SMILES string of the molecule is O=C1OC(c2ccc3ccccc3c2)=N/C1=C/N1CCN(c2nc3ccccc3[nH]2)CC1. The van der Waals surface area contributed by atoms with E-state index in [2.05, 4.69) is 30.8 Å². The minimum absolute atomic E-state index is 0.338. The van der Waals surface area contributed by atoms with E-state index >= 15 is 0 Å². The van der Waals surface area contributed by atoms with E-state index in [1.165, 1.54) is 0 Å². The van der Waals surface area contributed by atoms with Crippen LogP contribution in [0.1, 0.15) is 5.56 Å². The Morgan fingerprint density at radius 1 is 0.906 bits per heavy atom. The molecule has 0 spiro atoms. The lowest BCUT2D eigenvalue weighted by Crippen LogP contribution is -2.44. The quantitative estimate of drug-likeness (QED) is 0.402. The van der Waals surface area contributed by atoms with Crippen LogP contribution < -0.4 is 4.90 Å². The Kier molecular flexibility index (Phi) is 4.38. The molecule has 3 aromatic carbocycles. The van der Waals surface area contributed by atoms with Gasteiger partial charge in [0.05, 0.1) is 11.0 Å². The first-order chi connectivity index (χ1) is 15.7. The molecule has 0 amide bonds. The first kappa shape index (κ1) is 18.6. The van der Waals surface area contributed by atoms with Crippen molar-refractivity contribution in [3.63, 3.8) is 0 Å². The second kappa shape index (κ2) is 7.53. The number of esters is 1. The van der Waals surface area contributed by atoms with Gasteiger partial charge >= 0.3 is 5.97 Å². The Balaban J connectivity index is 1.17. The van der Waals surface area contributed by atoms with Gasteiger partial charge in [-0.2, -0.15) is 0 Å². The molecule has 0 atom stereocenters. The second-order valence-electron chi connectivity index (χ2n) is 7.98. The van der Waals surface area contributed by atoms with Gasteiger partial charge in [0.25, 0.3) is 0 Å². The Morgan fingerprint density at radius 3 is 2.53 bits per heavy atom. The highest BCUT2D eigenvalue weighted by Gasteiger charge is 2.26. The van der Waals surface area contributed by atoms with Gasteiger partial charge in [-0.15, -0.1) is 0 Å². The van der Waals surface area contributed by atoms with E-state index in [0.29, 0.717) is 11.6 Å². The summed E-state index contributed by atoms with van der Waals surface area (Å²) in [5.74, 6) is 0.830. The van der Waals surface area contributed by atoms with Gasteiger partial charge in [-0.3, -0.25) is 0 Å². The molecule has 1 fully saturated rings. The fourth-order valence-corrected chi connectivity index (χ4v) is 4.17. The molecular weight excluding hydrogens is 402 g/mol. The normalized spacial score (nSPS) is 17.9. The number of hydrogen-bond donors (Lipinski definition) is 1. The predicted molar refractivity (Wildman–Crippen MR) is 125 cm³/mol. The molecule has 0 saturated carbocycles. The molecule has 6 rings (SSSR count). The molecule has 0 bridgehead atoms. The van der Waals surface area contributed by atoms with E-state index in [-0.39, 0.29) is 0 Å². The molecule has 32 heavy (non-hydrogen) atoms. The van der Waals surface area contributed by atoms with Crippen LogP contribution in [0.3, 0.4) is 0 Å². The average Bonchev–Trinajstić information content (AvgIpc) is 3.43. The van der Waals surface area contributed by atoms with Gasteiger partial charge in [0.1, 0.15) is 0 Å². The number of para-hydroxylation sites is 2. The molecule has 7 heteroatoms. The third kappa shape index (κ3) is 3.37. The van der Waals surface area contributed by atoms with Crippen LogP contribution in [0, 0.1) is 0 Å². The molecule has 4 aromatic rings. The Hall–Kier alpha value is -4.13. The zero-order valence-corrected chi connectivity index (χ0v) is 17.4. The third-order valence-electron chi connectivity index (χ3n) is 5.91. The highest BCUT2D eigenvalue weighted by molar-refractivity contribution is 6.12. The zero-order valence-electron chi connectivity index (χ0n) is 17.4. The van der Waals surface area contributed by atoms with E-state index in [1.807, 2.05) is 66.9 Å². The number of anilines is 1. The number of cyclic esters (lactones) is 1. The van der Waals surface area contributed by atoms with Gasteiger partial charge in [0.15, 0.2) is 5.70 Å². The fraction of sp³-hybridized carbons (Fsp3) is 0.160. The second-order valence-corrected chi connectivity index (χ2v) is 7.98. The van der Waals surface area contributed by atoms with Crippen molar-refractivity contribution in [3.8, 4) is 0 Å². The Morgan fingerprint density at radius 2 is 1.69 bits per heavy atom. The zero-order chi connectivity index (χ0) is 21.5. The number of aromatic amines is 1. The van der Waals surface area contributed by atoms with Crippen LogP contribution in [0.5, 0.6) is 0 Å². The molecule has 7 nitrogen and oxygen atoms in total. The monoisotopic (exact) mass is 423 g/mol. The molecule has 3 heterocycles. The number of nitrogens with one attached hydrogen (secondary N) is 1. The van der Waals surface area contributed by atoms with E-state index < -0.39 is 5.97 Å². The van der Waals surface area contributed by atoms with Gasteiger partial charge in [-0.25, -0.2) is 14.8 Å². The summed E-state index contributed by atoms with van der Waals surface area (Å²) in [6, 6.07) is 22.1. The van der Waals surface area contributed by atoms with Gasteiger partial charge in [-0.05, 0) is 35.0 Å². The molecule has 1 saturated heterocycles. The number of aromatic nitrogens is 2. The van der Waals surface area contributed by atoms with E-state index in [4.69, 9.17) is 4.74 Å². The predicted octanol–water partition coefficient (Wildman–Crippen LogP) is 3.68. The van der Waals surface area contributed by atoms with Gasteiger partial charge in [0, 0.05) is 37.9 Å². The van der Waals surface area contributed by atoms with Crippen molar-refractivity contribution >= 4 is 39.6 Å². The Bertz CT molecular complexity index is 1360. The number of benzene rings is 3. The lowest BCUT2D eigenvalue weighted by Gasteiger charge is -2.33. The number of imidazole rings is 1. The molecular formula is C25H21N5O2. The number of H-pyrrole nitrogens is 1. The minimum Gasteiger partial charge on any atom is -0.402 e. The molecule has 158 valence electrons. The van der Waals surface area contributed by atoms with Crippen LogP contribution in [0.4, 0.5) is 5.95 Å². The fourth-order valence-electron chi connectivity index (χ4n) is 4.17. The number of fused-ring (bicyclic) bond motifs is 2. The van der Waals surface area contributed by atoms with E-state index in [0.717, 1.165) is 59.5 Å². The molecule has 1 aromatic heterocycles. The number of nitrogens with zero attached hydrogens (tertiary/aromatic N) is 4. The minimum atomic E-state index is -0.409. The van der Waals surface area contributed by atoms with Crippen LogP contribution >= 0.6 is 0 Å². The maximum Gasteiger partial charge on any atom is 0.365 e. The van der Waals surface area contributed by atoms with Crippen molar-refractivity contribution in [1.29, 1.82) is 0 Å². The lowest BCUT2D eigenvalue weighted by molar-refractivity contribution is -0.130. The Labute approximate surface area is 184 Å². The van der Waals surface area contributed by atoms with Crippen LogP contribution in [0.15, 0.2) is 83.6 Å². The maximum atomic E-state index is 12.4. The van der Waals surface area contributed by atoms with Gasteiger partial charge < -0.3 is 19.5 Å². The summed E-state index contributed by atoms with van der Waals surface area (Å²) in [6.07, 6.45) is 1.81. The summed E-state index contributed by atoms with van der Waals surface area (Å²) >= 11 is 0. The number of rotatable bonds is 3. The van der Waals surface area contributed by atoms with Crippen molar-refractivity contribution in [1.82, 2.24) is 14.9 Å². The summed E-state index contributed by atoms with van der Waals surface area (Å²) < 4.78 is 5.47. The van der Waals surface area contributed by atoms with Crippen LogP contribution in [0.25, 0.3) is 21.8 Å². The summed E-state index contributed by atoms with van der Waals surface area (Å²) in [4.78, 5) is 29.3. The molecule has 2 aliphatic rings. The topological polar surface area (TPSA) is 73.8 Å².